The third-order valence-corrected chi connectivity index (χ3v) is 2.88. The first-order valence-corrected chi connectivity index (χ1v) is 5.93. The van der Waals surface area contributed by atoms with E-state index in [-0.39, 0.29) is 16.7 Å². The lowest BCUT2D eigenvalue weighted by molar-refractivity contribution is 0.409. The number of aromatic amines is 1. The fraction of sp³-hybridized carbons (Fsp3) is 0. The van der Waals surface area contributed by atoms with Gasteiger partial charge in [0.1, 0.15) is 11.6 Å². The maximum absolute atomic E-state index is 13.8. The highest BCUT2D eigenvalue weighted by Crippen LogP contribution is 2.34. The molecule has 0 unspecified atom stereocenters. The van der Waals surface area contributed by atoms with Gasteiger partial charge in [-0.3, -0.25) is 4.79 Å². The van der Waals surface area contributed by atoms with Crippen LogP contribution in [0, 0.1) is 5.82 Å². The number of hydrogen-bond donors (Lipinski definition) is 2. The van der Waals surface area contributed by atoms with Crippen LogP contribution in [0.1, 0.15) is 0 Å². The smallest absolute Gasteiger partial charge is 0.295 e. The molecule has 20 heavy (non-hydrogen) atoms. The molecule has 1 heterocycles. The number of nitrogens with one attached hydrogen (secondary N) is 1. The van der Waals surface area contributed by atoms with Gasteiger partial charge in [-0.05, 0) is 24.3 Å². The van der Waals surface area contributed by atoms with Crippen molar-refractivity contribution in [2.24, 2.45) is 0 Å². The van der Waals surface area contributed by atoms with E-state index in [1.165, 1.54) is 18.2 Å². The fourth-order valence-corrected chi connectivity index (χ4v) is 1.97. The summed E-state index contributed by atoms with van der Waals surface area (Å²) in [6.07, 6.45) is 0. The van der Waals surface area contributed by atoms with Crippen molar-refractivity contribution >= 4 is 10.9 Å². The van der Waals surface area contributed by atoms with Crippen molar-refractivity contribution < 1.29 is 14.2 Å². The largest absolute Gasteiger partial charge is 0.504 e. The molecule has 3 rings (SSSR count). The molecule has 2 aromatic carbocycles. The number of aromatic hydroxyl groups is 1. The van der Waals surface area contributed by atoms with Crippen LogP contribution in [0.5, 0.6) is 17.2 Å². The Bertz CT molecular complexity index is 828. The fourth-order valence-electron chi connectivity index (χ4n) is 1.97. The molecular formula is C15H10FNO3. The predicted octanol–water partition coefficient (Wildman–Crippen LogP) is 3.17. The molecule has 0 amide bonds. The first kappa shape index (κ1) is 12.2. The maximum Gasteiger partial charge on any atom is 0.295 e. The Morgan fingerprint density at radius 3 is 2.55 bits per heavy atom. The monoisotopic (exact) mass is 271 g/mol. The Labute approximate surface area is 113 Å². The predicted molar refractivity (Wildman–Crippen MR) is 72.7 cm³/mol. The number of benzene rings is 2. The average molecular weight is 271 g/mol. The molecule has 0 aliphatic rings. The minimum Gasteiger partial charge on any atom is -0.504 e. The van der Waals surface area contributed by atoms with Gasteiger partial charge in [0.2, 0.25) is 5.75 Å². The minimum absolute atomic E-state index is 0.0713. The number of halogens is 1. The van der Waals surface area contributed by atoms with Crippen LogP contribution in [0.15, 0.2) is 53.3 Å². The molecule has 0 spiro atoms. The summed E-state index contributed by atoms with van der Waals surface area (Å²) < 4.78 is 19.1. The van der Waals surface area contributed by atoms with Crippen LogP contribution in [0.4, 0.5) is 4.39 Å². The van der Waals surface area contributed by atoms with Gasteiger partial charge in [-0.2, -0.15) is 0 Å². The molecule has 0 atom stereocenters. The van der Waals surface area contributed by atoms with Gasteiger partial charge in [0.05, 0.1) is 10.9 Å². The minimum atomic E-state index is -0.630. The van der Waals surface area contributed by atoms with Crippen LogP contribution in [0.3, 0.4) is 0 Å². The molecule has 0 aliphatic heterocycles. The van der Waals surface area contributed by atoms with E-state index in [9.17, 15) is 14.3 Å². The lowest BCUT2D eigenvalue weighted by Crippen LogP contribution is -2.09. The topological polar surface area (TPSA) is 62.3 Å². The van der Waals surface area contributed by atoms with Crippen LogP contribution < -0.4 is 10.3 Å². The summed E-state index contributed by atoms with van der Waals surface area (Å²) in [5.74, 6) is -1.09. The summed E-state index contributed by atoms with van der Waals surface area (Å²) in [5, 5.41) is 10.0. The first-order valence-electron chi connectivity index (χ1n) is 5.93. The van der Waals surface area contributed by atoms with E-state index in [0.717, 1.165) is 0 Å². The number of pyridine rings is 1. The number of hydrogen-bond acceptors (Lipinski definition) is 3. The second-order valence-electron chi connectivity index (χ2n) is 4.21. The van der Waals surface area contributed by atoms with E-state index in [1.807, 2.05) is 0 Å². The normalized spacial score (nSPS) is 10.7. The highest BCUT2D eigenvalue weighted by molar-refractivity contribution is 5.87. The zero-order chi connectivity index (χ0) is 14.1. The Morgan fingerprint density at radius 2 is 1.80 bits per heavy atom. The number of aromatic nitrogens is 1. The van der Waals surface area contributed by atoms with Crippen LogP contribution in [0.25, 0.3) is 10.9 Å². The number of para-hydroxylation sites is 1. The van der Waals surface area contributed by atoms with Crippen molar-refractivity contribution in [2.45, 2.75) is 0 Å². The second kappa shape index (κ2) is 4.70. The Balaban J connectivity index is 2.21. The average Bonchev–Trinajstić information content (AvgIpc) is 2.44. The number of fused-ring (bicyclic) bond motifs is 1. The molecular weight excluding hydrogens is 261 g/mol. The SMILES string of the molecule is O=c1[nH]c2cccc(F)c2c(O)c1Oc1ccccc1. The zero-order valence-corrected chi connectivity index (χ0v) is 10.3. The molecule has 0 saturated carbocycles. The van der Waals surface area contributed by atoms with Crippen molar-refractivity contribution in [2.75, 3.05) is 0 Å². The highest BCUT2D eigenvalue weighted by Gasteiger charge is 2.16. The van der Waals surface area contributed by atoms with Gasteiger partial charge in [-0.25, -0.2) is 4.39 Å². The van der Waals surface area contributed by atoms with Gasteiger partial charge in [-0.15, -0.1) is 0 Å². The van der Waals surface area contributed by atoms with Crippen molar-refractivity contribution in [1.29, 1.82) is 0 Å². The van der Waals surface area contributed by atoms with Crippen molar-refractivity contribution in [3.05, 3.63) is 64.7 Å². The molecule has 3 aromatic rings. The summed E-state index contributed by atoms with van der Waals surface area (Å²) in [7, 11) is 0. The molecule has 0 radical (unpaired) electrons. The molecule has 4 nitrogen and oxygen atoms in total. The number of ether oxygens (including phenoxy) is 1. The Kier molecular flexibility index (Phi) is 2.87. The summed E-state index contributed by atoms with van der Waals surface area (Å²) in [5.41, 5.74) is -0.405. The molecule has 5 heteroatoms. The Hall–Kier alpha value is -2.82. The van der Waals surface area contributed by atoms with Gasteiger partial charge in [-0.1, -0.05) is 24.3 Å². The first-order chi connectivity index (χ1) is 9.66. The molecule has 0 fully saturated rings. The molecule has 100 valence electrons. The van der Waals surface area contributed by atoms with E-state index >= 15 is 0 Å². The second-order valence-corrected chi connectivity index (χ2v) is 4.21. The number of H-pyrrole nitrogens is 1. The molecule has 0 aliphatic carbocycles. The van der Waals surface area contributed by atoms with Gasteiger partial charge in [0.25, 0.3) is 5.56 Å². The summed E-state index contributed by atoms with van der Waals surface area (Å²) in [6.45, 7) is 0. The van der Waals surface area contributed by atoms with E-state index < -0.39 is 17.1 Å². The van der Waals surface area contributed by atoms with Crippen LogP contribution >= 0.6 is 0 Å². The van der Waals surface area contributed by atoms with Gasteiger partial charge < -0.3 is 14.8 Å². The van der Waals surface area contributed by atoms with E-state index in [2.05, 4.69) is 4.98 Å². The molecule has 1 aromatic heterocycles. The molecule has 2 N–H and O–H groups in total. The van der Waals surface area contributed by atoms with Crippen molar-refractivity contribution in [1.82, 2.24) is 4.98 Å². The molecule has 0 saturated heterocycles. The third-order valence-electron chi connectivity index (χ3n) is 2.88. The lowest BCUT2D eigenvalue weighted by atomic mass is 10.2. The van der Waals surface area contributed by atoms with Gasteiger partial charge in [0.15, 0.2) is 5.75 Å². The van der Waals surface area contributed by atoms with E-state index in [4.69, 9.17) is 4.74 Å². The van der Waals surface area contributed by atoms with Crippen molar-refractivity contribution in [3.63, 3.8) is 0 Å². The van der Waals surface area contributed by atoms with Gasteiger partial charge >= 0.3 is 0 Å². The Morgan fingerprint density at radius 1 is 1.05 bits per heavy atom. The lowest BCUT2D eigenvalue weighted by Gasteiger charge is -2.09. The quantitative estimate of drug-likeness (QED) is 0.752. The van der Waals surface area contributed by atoms with E-state index in [1.54, 1.807) is 30.3 Å². The zero-order valence-electron chi connectivity index (χ0n) is 10.3. The van der Waals surface area contributed by atoms with Crippen molar-refractivity contribution in [3.8, 4) is 17.2 Å². The summed E-state index contributed by atoms with van der Waals surface area (Å²) >= 11 is 0. The highest BCUT2D eigenvalue weighted by atomic mass is 19.1. The van der Waals surface area contributed by atoms with Gasteiger partial charge in [0, 0.05) is 0 Å². The number of rotatable bonds is 2. The van der Waals surface area contributed by atoms with Crippen LogP contribution in [-0.2, 0) is 0 Å². The molecule has 0 bridgehead atoms. The maximum atomic E-state index is 13.8. The summed E-state index contributed by atoms with van der Waals surface area (Å²) in [6, 6.07) is 12.7. The standard InChI is InChI=1S/C15H10FNO3/c16-10-7-4-8-11-12(10)13(18)14(15(19)17-11)20-9-5-2-1-3-6-9/h1-8H,(H2,17,18,19). The van der Waals surface area contributed by atoms with E-state index in [0.29, 0.717) is 5.75 Å². The summed E-state index contributed by atoms with van der Waals surface area (Å²) in [4.78, 5) is 14.4. The third kappa shape index (κ3) is 1.99. The van der Waals surface area contributed by atoms with Crippen LogP contribution in [0.2, 0.25) is 0 Å². The van der Waals surface area contributed by atoms with Crippen LogP contribution in [-0.4, -0.2) is 10.1 Å².